The molecule has 0 saturated carbocycles. The summed E-state index contributed by atoms with van der Waals surface area (Å²) in [6.45, 7) is 6.40. The van der Waals surface area contributed by atoms with Crippen LogP contribution in [0.25, 0.3) is 0 Å². The zero-order valence-electron chi connectivity index (χ0n) is 12.3. The topological polar surface area (TPSA) is 85.1 Å². The fourth-order valence-electron chi connectivity index (χ4n) is 1.68. The Balaban J connectivity index is 2.27. The van der Waals surface area contributed by atoms with E-state index in [9.17, 15) is 8.42 Å². The maximum Gasteiger partial charge on any atom is 0.263 e. The molecule has 0 fully saturated rings. The van der Waals surface area contributed by atoms with Crippen LogP contribution in [0.5, 0.6) is 0 Å². The first-order valence-corrected chi connectivity index (χ1v) is 8.86. The van der Waals surface area contributed by atoms with Gasteiger partial charge in [0.1, 0.15) is 0 Å². The molecule has 7 heteroatoms. The van der Waals surface area contributed by atoms with Crippen LogP contribution in [0.1, 0.15) is 32.0 Å². The van der Waals surface area contributed by atoms with E-state index in [2.05, 4.69) is 9.71 Å². The van der Waals surface area contributed by atoms with Crippen molar-refractivity contribution in [2.75, 3.05) is 4.72 Å². The predicted octanol–water partition coefficient (Wildman–Crippen LogP) is 2.70. The van der Waals surface area contributed by atoms with Crippen LogP contribution in [-0.2, 0) is 22.0 Å². The van der Waals surface area contributed by atoms with Gasteiger partial charge in [-0.2, -0.15) is 0 Å². The van der Waals surface area contributed by atoms with E-state index in [4.69, 9.17) is 5.73 Å². The molecule has 0 atom stereocenters. The number of hydrogen-bond donors (Lipinski definition) is 2. The lowest BCUT2D eigenvalue weighted by Gasteiger charge is -2.14. The van der Waals surface area contributed by atoms with Gasteiger partial charge in [0.2, 0.25) is 0 Å². The molecule has 1 aromatic carbocycles. The van der Waals surface area contributed by atoms with Crippen LogP contribution >= 0.6 is 11.3 Å². The first kappa shape index (κ1) is 15.9. The second-order valence-corrected chi connectivity index (χ2v) is 8.29. The minimum absolute atomic E-state index is 0.111. The van der Waals surface area contributed by atoms with Crippen molar-refractivity contribution < 1.29 is 8.42 Å². The second kappa shape index (κ2) is 5.75. The summed E-state index contributed by atoms with van der Waals surface area (Å²) >= 11 is 1.28. The van der Waals surface area contributed by atoms with Crippen LogP contribution in [0.2, 0.25) is 0 Å². The Morgan fingerprint density at radius 1 is 1.33 bits per heavy atom. The second-order valence-electron chi connectivity index (χ2n) is 5.74. The molecule has 1 aromatic heterocycles. The Morgan fingerprint density at radius 3 is 2.62 bits per heavy atom. The molecule has 0 spiro atoms. The fourth-order valence-corrected chi connectivity index (χ4v) is 3.94. The number of nitrogens with zero attached hydrogens (tertiary/aromatic N) is 1. The van der Waals surface area contributed by atoms with E-state index < -0.39 is 10.0 Å². The summed E-state index contributed by atoms with van der Waals surface area (Å²) in [5.41, 5.74) is 7.06. The standard InChI is InChI=1S/C14H19N3O2S2/c1-14(2,3)12-9-20-13(16-12)17-21(18,19)11-6-4-5-10(7-11)8-15/h4-7,9H,8,15H2,1-3H3,(H,16,17). The van der Waals surface area contributed by atoms with Crippen molar-refractivity contribution >= 4 is 26.5 Å². The van der Waals surface area contributed by atoms with Crippen molar-refractivity contribution in [2.45, 2.75) is 37.6 Å². The number of nitrogens with one attached hydrogen (secondary N) is 1. The zero-order valence-corrected chi connectivity index (χ0v) is 13.9. The Labute approximate surface area is 129 Å². The zero-order chi connectivity index (χ0) is 15.7. The van der Waals surface area contributed by atoms with Gasteiger partial charge in [-0.25, -0.2) is 13.4 Å². The molecule has 1 heterocycles. The molecular weight excluding hydrogens is 306 g/mol. The summed E-state index contributed by atoms with van der Waals surface area (Å²) in [4.78, 5) is 4.53. The monoisotopic (exact) mass is 325 g/mol. The van der Waals surface area contributed by atoms with Gasteiger partial charge in [0, 0.05) is 17.3 Å². The normalized spacial score (nSPS) is 12.4. The summed E-state index contributed by atoms with van der Waals surface area (Å²) in [5, 5.41) is 2.24. The number of hydrogen-bond acceptors (Lipinski definition) is 5. The van der Waals surface area contributed by atoms with E-state index in [1.54, 1.807) is 24.3 Å². The molecular formula is C14H19N3O2S2. The summed E-state index contributed by atoms with van der Waals surface area (Å²) in [7, 11) is -3.64. The van der Waals surface area contributed by atoms with Crippen molar-refractivity contribution in [2.24, 2.45) is 5.73 Å². The summed E-state index contributed by atoms with van der Waals surface area (Å²) in [5.74, 6) is 0. The van der Waals surface area contributed by atoms with Crippen molar-refractivity contribution in [1.82, 2.24) is 4.98 Å². The van der Waals surface area contributed by atoms with Crippen LogP contribution in [0.4, 0.5) is 5.13 Å². The van der Waals surface area contributed by atoms with Gasteiger partial charge in [-0.05, 0) is 17.7 Å². The summed E-state index contributed by atoms with van der Waals surface area (Å²) < 4.78 is 27.2. The smallest absolute Gasteiger partial charge is 0.263 e. The van der Waals surface area contributed by atoms with Crippen LogP contribution in [-0.4, -0.2) is 13.4 Å². The first-order chi connectivity index (χ1) is 9.72. The lowest BCUT2D eigenvalue weighted by molar-refractivity contribution is 0.573. The Hall–Kier alpha value is -1.44. The number of benzene rings is 1. The van der Waals surface area contributed by atoms with E-state index in [1.165, 1.54) is 11.3 Å². The van der Waals surface area contributed by atoms with Gasteiger partial charge in [-0.3, -0.25) is 4.72 Å². The molecule has 0 aliphatic carbocycles. The number of aromatic nitrogens is 1. The largest absolute Gasteiger partial charge is 0.326 e. The fraction of sp³-hybridized carbons (Fsp3) is 0.357. The van der Waals surface area contributed by atoms with Gasteiger partial charge in [-0.15, -0.1) is 11.3 Å². The Morgan fingerprint density at radius 2 is 2.05 bits per heavy atom. The van der Waals surface area contributed by atoms with Crippen molar-refractivity contribution in [1.29, 1.82) is 0 Å². The van der Waals surface area contributed by atoms with Gasteiger partial charge in [-0.1, -0.05) is 32.9 Å². The minimum Gasteiger partial charge on any atom is -0.326 e. The molecule has 0 radical (unpaired) electrons. The van der Waals surface area contributed by atoms with Gasteiger partial charge in [0.05, 0.1) is 10.6 Å². The van der Waals surface area contributed by atoms with E-state index in [0.717, 1.165) is 11.3 Å². The number of nitrogens with two attached hydrogens (primary N) is 1. The summed E-state index contributed by atoms with van der Waals surface area (Å²) in [6.07, 6.45) is 0. The minimum atomic E-state index is -3.64. The lowest BCUT2D eigenvalue weighted by atomic mass is 9.93. The third kappa shape index (κ3) is 3.81. The van der Waals surface area contributed by atoms with Gasteiger partial charge >= 0.3 is 0 Å². The number of rotatable bonds is 4. The summed E-state index contributed by atoms with van der Waals surface area (Å²) in [6, 6.07) is 6.58. The number of anilines is 1. The molecule has 0 unspecified atom stereocenters. The molecule has 114 valence electrons. The highest BCUT2D eigenvalue weighted by Crippen LogP contribution is 2.27. The molecule has 2 aromatic rings. The third-order valence-electron chi connectivity index (χ3n) is 2.94. The van der Waals surface area contributed by atoms with Crippen LogP contribution < -0.4 is 10.5 Å². The molecule has 0 saturated heterocycles. The first-order valence-electron chi connectivity index (χ1n) is 6.50. The highest BCUT2D eigenvalue weighted by Gasteiger charge is 2.20. The predicted molar refractivity (Wildman–Crippen MR) is 86.0 cm³/mol. The van der Waals surface area contributed by atoms with E-state index in [-0.39, 0.29) is 10.3 Å². The van der Waals surface area contributed by atoms with Crippen LogP contribution in [0, 0.1) is 0 Å². The maximum atomic E-state index is 12.3. The van der Waals surface area contributed by atoms with E-state index >= 15 is 0 Å². The van der Waals surface area contributed by atoms with Gasteiger partial charge in [0.25, 0.3) is 10.0 Å². The van der Waals surface area contributed by atoms with Gasteiger partial charge < -0.3 is 5.73 Å². The van der Waals surface area contributed by atoms with Crippen LogP contribution in [0.15, 0.2) is 34.5 Å². The van der Waals surface area contributed by atoms with Crippen LogP contribution in [0.3, 0.4) is 0 Å². The molecule has 0 aliphatic heterocycles. The van der Waals surface area contributed by atoms with Gasteiger partial charge in [0.15, 0.2) is 5.13 Å². The van der Waals surface area contributed by atoms with E-state index in [1.807, 2.05) is 26.2 Å². The number of sulfonamides is 1. The molecule has 5 nitrogen and oxygen atoms in total. The molecule has 0 amide bonds. The Kier molecular flexibility index (Phi) is 4.36. The van der Waals surface area contributed by atoms with E-state index in [0.29, 0.717) is 11.7 Å². The van der Waals surface area contributed by atoms with Crippen molar-refractivity contribution in [3.8, 4) is 0 Å². The molecule has 2 rings (SSSR count). The lowest BCUT2D eigenvalue weighted by Crippen LogP contribution is -2.15. The number of thiazole rings is 1. The Bertz CT molecular complexity index is 731. The highest BCUT2D eigenvalue weighted by atomic mass is 32.2. The quantitative estimate of drug-likeness (QED) is 0.905. The molecule has 0 bridgehead atoms. The highest BCUT2D eigenvalue weighted by molar-refractivity contribution is 7.93. The van der Waals surface area contributed by atoms with Crippen molar-refractivity contribution in [3.63, 3.8) is 0 Å². The average Bonchev–Trinajstić information content (AvgIpc) is 2.86. The molecule has 3 N–H and O–H groups in total. The maximum absolute atomic E-state index is 12.3. The average molecular weight is 325 g/mol. The van der Waals surface area contributed by atoms with Crippen molar-refractivity contribution in [3.05, 3.63) is 40.9 Å². The molecule has 21 heavy (non-hydrogen) atoms. The third-order valence-corrected chi connectivity index (χ3v) is 5.16. The SMILES string of the molecule is CC(C)(C)c1csc(NS(=O)(=O)c2cccc(CN)c2)n1. The molecule has 0 aliphatic rings.